The Bertz CT molecular complexity index is 302. The second-order valence-corrected chi connectivity index (χ2v) is 6.20. The molecule has 0 aliphatic carbocycles. The summed E-state index contributed by atoms with van der Waals surface area (Å²) in [6.07, 6.45) is 0. The summed E-state index contributed by atoms with van der Waals surface area (Å²) in [4.78, 5) is 10.8. The number of carbonyl (C=O) groups is 1. The van der Waals surface area contributed by atoms with Gasteiger partial charge in [-0.05, 0) is 12.3 Å². The average Bonchev–Trinajstić information content (AvgIpc) is 1.98. The van der Waals surface area contributed by atoms with Crippen molar-refractivity contribution < 1.29 is 18.3 Å². The molecule has 2 N–H and O–H groups in total. The maximum Gasteiger partial charge on any atom is 0.322 e. The number of aliphatic carboxylic acids is 1. The van der Waals surface area contributed by atoms with Gasteiger partial charge in [0.15, 0.2) is 0 Å². The SMILES string of the molecule is CCS(=O)(=O)N[C@H](C(=O)O)C(C)(C)C. The third kappa shape index (κ3) is 4.06. The molecule has 0 aliphatic rings. The van der Waals surface area contributed by atoms with E-state index in [1.165, 1.54) is 6.92 Å². The lowest BCUT2D eigenvalue weighted by Gasteiger charge is -2.27. The van der Waals surface area contributed by atoms with Gasteiger partial charge in [0.2, 0.25) is 10.0 Å². The van der Waals surface area contributed by atoms with Crippen molar-refractivity contribution in [1.82, 2.24) is 4.72 Å². The zero-order valence-electron chi connectivity index (χ0n) is 8.86. The second kappa shape index (κ2) is 4.27. The van der Waals surface area contributed by atoms with E-state index < -0.39 is 27.4 Å². The van der Waals surface area contributed by atoms with Crippen LogP contribution >= 0.6 is 0 Å². The lowest BCUT2D eigenvalue weighted by molar-refractivity contribution is -0.141. The fourth-order valence-corrected chi connectivity index (χ4v) is 1.84. The van der Waals surface area contributed by atoms with Gasteiger partial charge >= 0.3 is 5.97 Å². The van der Waals surface area contributed by atoms with E-state index in [0.29, 0.717) is 0 Å². The van der Waals surface area contributed by atoms with Gasteiger partial charge in [-0.3, -0.25) is 4.79 Å². The molecule has 0 aliphatic heterocycles. The highest BCUT2D eigenvalue weighted by Crippen LogP contribution is 2.20. The van der Waals surface area contributed by atoms with E-state index in [-0.39, 0.29) is 5.75 Å². The minimum atomic E-state index is -3.48. The molecule has 5 nitrogen and oxygen atoms in total. The maximum absolute atomic E-state index is 11.2. The zero-order chi connectivity index (χ0) is 11.6. The molecule has 0 fully saturated rings. The summed E-state index contributed by atoms with van der Waals surface area (Å²) in [5, 5.41) is 8.84. The Balaban J connectivity index is 4.83. The Morgan fingerprint density at radius 3 is 2.07 bits per heavy atom. The van der Waals surface area contributed by atoms with Crippen LogP contribution in [0.4, 0.5) is 0 Å². The van der Waals surface area contributed by atoms with Crippen molar-refractivity contribution >= 4 is 16.0 Å². The van der Waals surface area contributed by atoms with Gasteiger partial charge in [-0.25, -0.2) is 13.1 Å². The number of carboxylic acids is 1. The second-order valence-electron chi connectivity index (χ2n) is 4.16. The summed E-state index contributed by atoms with van der Waals surface area (Å²) < 4.78 is 24.5. The van der Waals surface area contributed by atoms with Crippen molar-refractivity contribution in [3.05, 3.63) is 0 Å². The third-order valence-electron chi connectivity index (χ3n) is 1.79. The molecule has 0 rings (SSSR count). The van der Waals surface area contributed by atoms with Crippen molar-refractivity contribution in [3.63, 3.8) is 0 Å². The van der Waals surface area contributed by atoms with Gasteiger partial charge in [-0.1, -0.05) is 20.8 Å². The predicted octanol–water partition coefficient (Wildman–Crippen LogP) is 0.425. The molecule has 0 heterocycles. The van der Waals surface area contributed by atoms with Crippen LogP contribution in [0.5, 0.6) is 0 Å². The summed E-state index contributed by atoms with van der Waals surface area (Å²) in [7, 11) is -3.48. The van der Waals surface area contributed by atoms with Crippen molar-refractivity contribution in [2.45, 2.75) is 33.7 Å². The van der Waals surface area contributed by atoms with E-state index in [1.54, 1.807) is 20.8 Å². The largest absolute Gasteiger partial charge is 0.480 e. The van der Waals surface area contributed by atoms with E-state index in [2.05, 4.69) is 4.72 Å². The van der Waals surface area contributed by atoms with Gasteiger partial charge in [0, 0.05) is 0 Å². The van der Waals surface area contributed by atoms with Crippen LogP contribution in [-0.2, 0) is 14.8 Å². The normalized spacial score (nSPS) is 15.1. The molecule has 0 spiro atoms. The van der Waals surface area contributed by atoms with E-state index in [0.717, 1.165) is 0 Å². The Labute approximate surface area is 84.6 Å². The molecule has 0 aromatic heterocycles. The van der Waals surface area contributed by atoms with Gasteiger partial charge < -0.3 is 5.11 Å². The first-order valence-corrected chi connectivity index (χ1v) is 5.98. The van der Waals surface area contributed by atoms with E-state index in [1.807, 2.05) is 0 Å². The Morgan fingerprint density at radius 2 is 1.86 bits per heavy atom. The van der Waals surface area contributed by atoms with Gasteiger partial charge in [-0.15, -0.1) is 0 Å². The molecule has 1 atom stereocenters. The molecule has 14 heavy (non-hydrogen) atoms. The van der Waals surface area contributed by atoms with E-state index >= 15 is 0 Å². The topological polar surface area (TPSA) is 83.5 Å². The van der Waals surface area contributed by atoms with Gasteiger partial charge in [0.05, 0.1) is 5.75 Å². The first-order chi connectivity index (χ1) is 6.10. The fourth-order valence-electron chi connectivity index (χ4n) is 0.861. The summed E-state index contributed by atoms with van der Waals surface area (Å²) in [6, 6.07) is -1.09. The third-order valence-corrected chi connectivity index (χ3v) is 3.15. The Kier molecular flexibility index (Phi) is 4.08. The van der Waals surface area contributed by atoms with Crippen LogP contribution in [0.3, 0.4) is 0 Å². The predicted molar refractivity (Wildman–Crippen MR) is 53.5 cm³/mol. The summed E-state index contributed by atoms with van der Waals surface area (Å²) in [5.74, 6) is -1.28. The number of hydrogen-bond acceptors (Lipinski definition) is 3. The van der Waals surface area contributed by atoms with Crippen LogP contribution in [0.15, 0.2) is 0 Å². The maximum atomic E-state index is 11.2. The Morgan fingerprint density at radius 1 is 1.43 bits per heavy atom. The van der Waals surface area contributed by atoms with Crippen molar-refractivity contribution in [2.75, 3.05) is 5.75 Å². The zero-order valence-corrected chi connectivity index (χ0v) is 9.68. The molecule has 0 amide bonds. The van der Waals surface area contributed by atoms with Crippen molar-refractivity contribution in [3.8, 4) is 0 Å². The molecule has 0 aromatic carbocycles. The van der Waals surface area contributed by atoms with Gasteiger partial charge in [0.25, 0.3) is 0 Å². The summed E-state index contributed by atoms with van der Waals surface area (Å²) >= 11 is 0. The fraction of sp³-hybridized carbons (Fsp3) is 0.875. The highest BCUT2D eigenvalue weighted by Gasteiger charge is 2.34. The molecule has 84 valence electrons. The van der Waals surface area contributed by atoms with Gasteiger partial charge in [-0.2, -0.15) is 0 Å². The number of hydrogen-bond donors (Lipinski definition) is 2. The molecule has 0 saturated carbocycles. The lowest BCUT2D eigenvalue weighted by Crippen LogP contribution is -2.49. The highest BCUT2D eigenvalue weighted by molar-refractivity contribution is 7.89. The average molecular weight is 223 g/mol. The van der Waals surface area contributed by atoms with Crippen LogP contribution in [-0.4, -0.2) is 31.3 Å². The number of sulfonamides is 1. The minimum Gasteiger partial charge on any atom is -0.480 e. The van der Waals surface area contributed by atoms with Crippen LogP contribution in [0.25, 0.3) is 0 Å². The molecule has 0 bridgehead atoms. The molecular formula is C8H17NO4S. The lowest BCUT2D eigenvalue weighted by atomic mass is 9.88. The Hall–Kier alpha value is -0.620. The first-order valence-electron chi connectivity index (χ1n) is 4.33. The first kappa shape index (κ1) is 13.4. The van der Waals surface area contributed by atoms with E-state index in [4.69, 9.17) is 5.11 Å². The molecule has 0 saturated heterocycles. The van der Waals surface area contributed by atoms with Crippen LogP contribution in [0.2, 0.25) is 0 Å². The minimum absolute atomic E-state index is 0.118. The molecule has 0 aromatic rings. The van der Waals surface area contributed by atoms with E-state index in [9.17, 15) is 13.2 Å². The quantitative estimate of drug-likeness (QED) is 0.723. The van der Waals surface area contributed by atoms with Crippen LogP contribution in [0, 0.1) is 5.41 Å². The molecule has 0 radical (unpaired) electrons. The summed E-state index contributed by atoms with van der Waals surface area (Å²) in [5.41, 5.74) is -0.645. The molecular weight excluding hydrogens is 206 g/mol. The number of rotatable bonds is 4. The standard InChI is InChI=1S/C8H17NO4S/c1-5-14(12,13)9-6(7(10)11)8(2,3)4/h6,9H,5H2,1-4H3,(H,10,11)/t6-/m1/s1. The van der Waals surface area contributed by atoms with Crippen molar-refractivity contribution in [2.24, 2.45) is 5.41 Å². The van der Waals surface area contributed by atoms with Gasteiger partial charge in [0.1, 0.15) is 6.04 Å². The number of nitrogens with one attached hydrogen (secondary N) is 1. The summed E-state index contributed by atoms with van der Waals surface area (Å²) in [6.45, 7) is 6.47. The smallest absolute Gasteiger partial charge is 0.322 e. The monoisotopic (exact) mass is 223 g/mol. The number of carboxylic acid groups (broad SMARTS) is 1. The molecule has 6 heteroatoms. The molecule has 0 unspecified atom stereocenters. The van der Waals surface area contributed by atoms with Crippen LogP contribution in [0.1, 0.15) is 27.7 Å². The van der Waals surface area contributed by atoms with Crippen molar-refractivity contribution in [1.29, 1.82) is 0 Å². The van der Waals surface area contributed by atoms with Crippen LogP contribution < -0.4 is 4.72 Å². The highest BCUT2D eigenvalue weighted by atomic mass is 32.2.